The van der Waals surface area contributed by atoms with Crippen molar-refractivity contribution in [2.24, 2.45) is 0 Å². The van der Waals surface area contributed by atoms with Gasteiger partial charge in [0.25, 0.3) is 0 Å². The van der Waals surface area contributed by atoms with Crippen LogP contribution in [0.1, 0.15) is 45.4 Å². The van der Waals surface area contributed by atoms with E-state index < -0.39 is 22.2 Å². The van der Waals surface area contributed by atoms with Gasteiger partial charge >= 0.3 is 0 Å². The first-order valence-corrected chi connectivity index (χ1v) is 10.4. The Morgan fingerprint density at radius 1 is 0.682 bits per heavy atom. The smallest absolute Gasteiger partial charge is 0.102 e. The van der Waals surface area contributed by atoms with Crippen LogP contribution in [0.3, 0.4) is 0 Å². The number of halogens is 10. The summed E-state index contributed by atoms with van der Waals surface area (Å²) in [4.78, 5) is -0.869. The lowest BCUT2D eigenvalue weighted by atomic mass is 10.0. The van der Waals surface area contributed by atoms with E-state index in [9.17, 15) is 0 Å². The van der Waals surface area contributed by atoms with E-state index in [2.05, 4.69) is 0 Å². The van der Waals surface area contributed by atoms with Crippen molar-refractivity contribution in [3.05, 3.63) is 0 Å². The van der Waals surface area contributed by atoms with Crippen LogP contribution in [-0.4, -0.2) is 22.2 Å². The molecule has 0 aliphatic carbocycles. The van der Waals surface area contributed by atoms with Crippen LogP contribution < -0.4 is 0 Å². The third-order valence-electron chi connectivity index (χ3n) is 3.18. The third kappa shape index (κ3) is 6.90. The zero-order valence-electron chi connectivity index (χ0n) is 11.6. The maximum Gasteiger partial charge on any atom is 0.183 e. The summed E-state index contributed by atoms with van der Waals surface area (Å²) in [5.74, 6) is 0. The van der Waals surface area contributed by atoms with E-state index in [-0.39, 0.29) is 6.42 Å². The lowest BCUT2D eigenvalue weighted by Gasteiger charge is -2.40. The molecule has 0 N–H and O–H groups in total. The van der Waals surface area contributed by atoms with Gasteiger partial charge in [-0.2, -0.15) is 0 Å². The van der Waals surface area contributed by atoms with Crippen LogP contribution in [0.25, 0.3) is 0 Å². The molecule has 10 heteroatoms. The first-order chi connectivity index (χ1) is 9.71. The first kappa shape index (κ1) is 24.9. The largest absolute Gasteiger partial charge is 0.183 e. The number of hydrogen-bond acceptors (Lipinski definition) is 0. The molecule has 22 heavy (non-hydrogen) atoms. The lowest BCUT2D eigenvalue weighted by molar-refractivity contribution is 0.500. The van der Waals surface area contributed by atoms with Crippen LogP contribution in [0.4, 0.5) is 0 Å². The van der Waals surface area contributed by atoms with E-state index >= 15 is 0 Å². The average molecular weight is 515 g/mol. The molecule has 0 atom stereocenters. The van der Waals surface area contributed by atoms with Crippen LogP contribution >= 0.6 is 116 Å². The molecule has 0 spiro atoms. The van der Waals surface area contributed by atoms with Gasteiger partial charge in [0.05, 0.1) is 0 Å². The van der Waals surface area contributed by atoms with Crippen molar-refractivity contribution >= 4 is 116 Å². The maximum absolute atomic E-state index is 6.25. The van der Waals surface area contributed by atoms with Crippen LogP contribution in [0.15, 0.2) is 0 Å². The Hall–Kier alpha value is 2.90. The normalized spacial score (nSPS) is 14.7. The van der Waals surface area contributed by atoms with Gasteiger partial charge in [-0.1, -0.05) is 119 Å². The van der Waals surface area contributed by atoms with Gasteiger partial charge in [-0.15, -0.1) is 23.2 Å². The molecule has 0 bridgehead atoms. The molecule has 0 nitrogen and oxygen atoms in total. The summed E-state index contributed by atoms with van der Waals surface area (Å²) in [6.45, 7) is 1.73. The molecule has 0 heterocycles. The first-order valence-electron chi connectivity index (χ1n) is 6.50. The van der Waals surface area contributed by atoms with E-state index in [0.29, 0.717) is 25.7 Å². The second kappa shape index (κ2) is 9.72. The van der Waals surface area contributed by atoms with E-state index in [1.807, 2.05) is 0 Å². The molecular weight excluding hydrogens is 499 g/mol. The van der Waals surface area contributed by atoms with Crippen molar-refractivity contribution in [3.8, 4) is 0 Å². The van der Waals surface area contributed by atoms with Crippen LogP contribution in [-0.2, 0) is 0 Å². The average Bonchev–Trinajstić information content (AvgIpc) is 2.37. The Morgan fingerprint density at radius 2 is 1.14 bits per heavy atom. The maximum atomic E-state index is 6.25. The minimum Gasteiger partial charge on any atom is -0.102 e. The molecule has 0 aromatic rings. The highest BCUT2D eigenvalue weighted by Gasteiger charge is 2.58. The molecule has 0 aliphatic rings. The van der Waals surface area contributed by atoms with Gasteiger partial charge in [-0.05, 0) is 19.3 Å². The number of hydrogen-bond donors (Lipinski definition) is 0. The third-order valence-corrected chi connectivity index (χ3v) is 9.30. The SMILES string of the molecule is CCC(Cl)(Cl)C(Cl)(Cl)C(Cl)(Cl)CCCCCC(Cl)(Cl)C(Cl)Cl. The molecule has 0 radical (unpaired) electrons. The Balaban J connectivity index is 4.41. The summed E-state index contributed by atoms with van der Waals surface area (Å²) in [6.07, 6.45) is 3.07. The molecule has 0 rings (SSSR count). The molecule has 0 aliphatic heterocycles. The predicted octanol–water partition coefficient (Wildman–Crippen LogP) is 8.85. The van der Waals surface area contributed by atoms with Crippen molar-refractivity contribution in [1.82, 2.24) is 0 Å². The Bertz CT molecular complexity index is 337. The topological polar surface area (TPSA) is 0 Å². The highest BCUT2D eigenvalue weighted by atomic mass is 35.6. The van der Waals surface area contributed by atoms with Gasteiger partial charge < -0.3 is 0 Å². The van der Waals surface area contributed by atoms with Gasteiger partial charge in [-0.3, -0.25) is 0 Å². The van der Waals surface area contributed by atoms with Crippen LogP contribution in [0.5, 0.6) is 0 Å². The van der Waals surface area contributed by atoms with Crippen molar-refractivity contribution in [2.45, 2.75) is 67.6 Å². The van der Waals surface area contributed by atoms with Crippen LogP contribution in [0, 0.1) is 0 Å². The molecule has 0 saturated heterocycles. The summed E-state index contributed by atoms with van der Waals surface area (Å²) < 4.78 is -5.88. The van der Waals surface area contributed by atoms with Crippen molar-refractivity contribution in [1.29, 1.82) is 0 Å². The Kier molecular flexibility index (Phi) is 11.0. The second-order valence-corrected chi connectivity index (χ2v) is 11.9. The van der Waals surface area contributed by atoms with E-state index in [1.54, 1.807) is 6.92 Å². The second-order valence-electron chi connectivity index (χ2n) is 4.96. The van der Waals surface area contributed by atoms with Gasteiger partial charge in [0, 0.05) is 0 Å². The summed E-state index contributed by atoms with van der Waals surface area (Å²) in [5, 5.41) is 0. The fourth-order valence-corrected chi connectivity index (χ4v) is 3.69. The van der Waals surface area contributed by atoms with E-state index in [4.69, 9.17) is 116 Å². The fraction of sp³-hybridized carbons (Fsp3) is 1.00. The molecule has 0 unspecified atom stereocenters. The standard InChI is InChI=1S/C12H16Cl10/c1-2-10(17,18)12(21,22)11(19,20)7-5-3-4-6-9(15,16)8(13)14/h8H,2-7H2,1H3. The Labute approximate surface area is 182 Å². The van der Waals surface area contributed by atoms with E-state index in [0.717, 1.165) is 6.42 Å². The molecule has 0 amide bonds. The summed E-state index contributed by atoms with van der Waals surface area (Å²) in [7, 11) is 0. The monoisotopic (exact) mass is 510 g/mol. The van der Waals surface area contributed by atoms with Crippen molar-refractivity contribution in [2.75, 3.05) is 0 Å². The minimum absolute atomic E-state index is 0.290. The number of unbranched alkanes of at least 4 members (excludes halogenated alkanes) is 2. The highest BCUT2D eigenvalue weighted by Crippen LogP contribution is 2.57. The molecule has 134 valence electrons. The van der Waals surface area contributed by atoms with Crippen molar-refractivity contribution < 1.29 is 0 Å². The van der Waals surface area contributed by atoms with Crippen molar-refractivity contribution in [3.63, 3.8) is 0 Å². The van der Waals surface area contributed by atoms with Gasteiger partial charge in [0.15, 0.2) is 13.0 Å². The fourth-order valence-electron chi connectivity index (χ4n) is 1.64. The summed E-state index contributed by atoms with van der Waals surface area (Å²) >= 11 is 60.4. The summed E-state index contributed by atoms with van der Waals surface area (Å²) in [6, 6.07) is 0. The highest BCUT2D eigenvalue weighted by molar-refractivity contribution is 6.69. The Morgan fingerprint density at radius 3 is 1.55 bits per heavy atom. The zero-order valence-corrected chi connectivity index (χ0v) is 19.2. The number of rotatable bonds is 10. The lowest BCUT2D eigenvalue weighted by Crippen LogP contribution is -2.49. The van der Waals surface area contributed by atoms with Gasteiger partial charge in [0.1, 0.15) is 9.17 Å². The quantitative estimate of drug-likeness (QED) is 0.202. The molecule has 0 saturated carbocycles. The molecule has 0 aromatic carbocycles. The van der Waals surface area contributed by atoms with Gasteiger partial charge in [-0.25, -0.2) is 0 Å². The predicted molar refractivity (Wildman–Crippen MR) is 107 cm³/mol. The summed E-state index contributed by atoms with van der Waals surface area (Å²) in [5.41, 5.74) is 0. The minimum atomic E-state index is -1.72. The molecule has 0 aromatic heterocycles. The van der Waals surface area contributed by atoms with E-state index in [1.165, 1.54) is 0 Å². The molecule has 0 fully saturated rings. The zero-order chi connectivity index (χ0) is 17.8. The molecular formula is C12H16Cl10. The van der Waals surface area contributed by atoms with Crippen LogP contribution in [0.2, 0.25) is 0 Å². The number of alkyl halides is 10. The van der Waals surface area contributed by atoms with Gasteiger partial charge in [0.2, 0.25) is 0 Å².